The largest absolute Gasteiger partial charge is 0.352 e. The van der Waals surface area contributed by atoms with E-state index in [-0.39, 0.29) is 5.57 Å². The third-order valence-corrected chi connectivity index (χ3v) is 4.56. The molecule has 0 saturated heterocycles. The van der Waals surface area contributed by atoms with Crippen LogP contribution in [0.4, 0.5) is 0 Å². The summed E-state index contributed by atoms with van der Waals surface area (Å²) in [5, 5.41) is 31.4. The van der Waals surface area contributed by atoms with Crippen LogP contribution in [0.2, 0.25) is 0 Å². The van der Waals surface area contributed by atoms with E-state index in [1.165, 1.54) is 0 Å². The molecule has 1 fully saturated rings. The predicted octanol–water partition coefficient (Wildman–Crippen LogP) is 3.94. The Morgan fingerprint density at radius 3 is 2.42 bits per heavy atom. The number of hydrogen-bond donors (Lipinski definition) is 1. The molecule has 0 radical (unpaired) electrons. The van der Waals surface area contributed by atoms with E-state index in [1.807, 2.05) is 42.5 Å². The Kier molecular flexibility index (Phi) is 4.19. The molecule has 0 amide bonds. The number of hydrogen-bond acceptors (Lipinski definition) is 4. The number of dihydropyridines is 1. The molecule has 0 unspecified atom stereocenters. The highest BCUT2D eigenvalue weighted by Gasteiger charge is 2.31. The van der Waals surface area contributed by atoms with Crippen molar-refractivity contribution in [2.45, 2.75) is 26.2 Å². The first kappa shape index (κ1) is 15.6. The van der Waals surface area contributed by atoms with Gasteiger partial charge in [-0.2, -0.15) is 15.8 Å². The Bertz CT molecular complexity index is 880. The summed E-state index contributed by atoms with van der Waals surface area (Å²) in [5.41, 5.74) is 4.76. The van der Waals surface area contributed by atoms with Gasteiger partial charge in [-0.25, -0.2) is 0 Å². The molecular formula is C20H16N4. The van der Waals surface area contributed by atoms with Crippen LogP contribution >= 0.6 is 0 Å². The van der Waals surface area contributed by atoms with Crippen LogP contribution in [0.1, 0.15) is 31.7 Å². The van der Waals surface area contributed by atoms with Crippen LogP contribution in [-0.4, -0.2) is 0 Å². The summed E-state index contributed by atoms with van der Waals surface area (Å²) in [4.78, 5) is 0. The van der Waals surface area contributed by atoms with Crippen LogP contribution < -0.4 is 5.32 Å². The fraction of sp³-hybridized carbons (Fsp3) is 0.250. The van der Waals surface area contributed by atoms with E-state index in [2.05, 4.69) is 18.3 Å². The Morgan fingerprint density at radius 2 is 1.79 bits per heavy atom. The second-order valence-electron chi connectivity index (χ2n) is 6.13. The molecule has 3 rings (SSSR count). The van der Waals surface area contributed by atoms with Crippen LogP contribution in [0.15, 0.2) is 58.3 Å². The first-order valence-electron chi connectivity index (χ1n) is 7.93. The molecule has 1 atom stereocenters. The van der Waals surface area contributed by atoms with E-state index in [4.69, 9.17) is 0 Å². The average Bonchev–Trinajstić information content (AvgIpc) is 2.62. The van der Waals surface area contributed by atoms with Crippen molar-refractivity contribution in [1.82, 2.24) is 5.32 Å². The van der Waals surface area contributed by atoms with Gasteiger partial charge >= 0.3 is 0 Å². The summed E-state index contributed by atoms with van der Waals surface area (Å²) in [6.45, 7) is 2.21. The summed E-state index contributed by atoms with van der Waals surface area (Å²) in [6.07, 6.45) is 2.69. The molecule has 1 aliphatic carbocycles. The normalized spacial score (nSPS) is 19.6. The van der Waals surface area contributed by atoms with Gasteiger partial charge < -0.3 is 5.32 Å². The van der Waals surface area contributed by atoms with E-state index in [0.29, 0.717) is 17.2 Å². The van der Waals surface area contributed by atoms with Crippen LogP contribution in [0.25, 0.3) is 5.70 Å². The minimum atomic E-state index is -0.0508. The molecule has 4 nitrogen and oxygen atoms in total. The van der Waals surface area contributed by atoms with E-state index >= 15 is 0 Å². The summed E-state index contributed by atoms with van der Waals surface area (Å²) in [6, 6.07) is 15.9. The van der Waals surface area contributed by atoms with Crippen molar-refractivity contribution in [2.24, 2.45) is 5.92 Å². The van der Waals surface area contributed by atoms with Crippen molar-refractivity contribution in [3.05, 3.63) is 63.9 Å². The fourth-order valence-corrected chi connectivity index (χ4v) is 3.36. The maximum Gasteiger partial charge on any atom is 0.154 e. The highest BCUT2D eigenvalue weighted by atomic mass is 14.9. The molecule has 1 saturated carbocycles. The molecule has 1 aromatic rings. The Morgan fingerprint density at radius 1 is 1.08 bits per heavy atom. The van der Waals surface area contributed by atoms with E-state index < -0.39 is 0 Å². The average molecular weight is 312 g/mol. The molecule has 2 aliphatic rings. The molecule has 0 bridgehead atoms. The lowest BCUT2D eigenvalue weighted by Crippen LogP contribution is -2.26. The lowest BCUT2D eigenvalue weighted by Gasteiger charge is -2.33. The summed E-state index contributed by atoms with van der Waals surface area (Å²) < 4.78 is 0. The van der Waals surface area contributed by atoms with Crippen LogP contribution in [0, 0.1) is 39.9 Å². The lowest BCUT2D eigenvalue weighted by atomic mass is 9.76. The molecule has 1 aromatic carbocycles. The second kappa shape index (κ2) is 6.45. The molecule has 24 heavy (non-hydrogen) atoms. The molecule has 1 heterocycles. The van der Waals surface area contributed by atoms with Gasteiger partial charge in [0.05, 0.1) is 11.3 Å². The zero-order chi connectivity index (χ0) is 17.1. The van der Waals surface area contributed by atoms with Crippen molar-refractivity contribution in [1.29, 1.82) is 15.8 Å². The zero-order valence-electron chi connectivity index (χ0n) is 13.4. The quantitative estimate of drug-likeness (QED) is 0.796. The maximum atomic E-state index is 9.64. The molecule has 116 valence electrons. The van der Waals surface area contributed by atoms with Gasteiger partial charge in [0.25, 0.3) is 0 Å². The molecular weight excluding hydrogens is 296 g/mol. The second-order valence-corrected chi connectivity index (χ2v) is 6.13. The van der Waals surface area contributed by atoms with E-state index in [1.54, 1.807) is 0 Å². The Balaban J connectivity index is 2.29. The maximum absolute atomic E-state index is 9.64. The number of benzene rings is 1. The van der Waals surface area contributed by atoms with Gasteiger partial charge in [-0.1, -0.05) is 37.3 Å². The Labute approximate surface area is 141 Å². The number of fused-ring (bicyclic) bond motifs is 1. The Hall–Kier alpha value is -3.29. The van der Waals surface area contributed by atoms with Crippen molar-refractivity contribution in [3.63, 3.8) is 0 Å². The molecule has 1 N–H and O–H groups in total. The molecule has 0 aromatic heterocycles. The van der Waals surface area contributed by atoms with Crippen molar-refractivity contribution in [3.8, 4) is 18.2 Å². The van der Waals surface area contributed by atoms with Gasteiger partial charge in [-0.15, -0.1) is 0 Å². The van der Waals surface area contributed by atoms with Gasteiger partial charge in [0, 0.05) is 5.70 Å². The summed E-state index contributed by atoms with van der Waals surface area (Å²) in [7, 11) is 0. The third kappa shape index (κ3) is 2.58. The number of nitrogens with zero attached hydrogens (tertiary/aromatic N) is 3. The minimum Gasteiger partial charge on any atom is -0.352 e. The fourth-order valence-electron chi connectivity index (χ4n) is 3.36. The zero-order valence-corrected chi connectivity index (χ0v) is 13.4. The summed E-state index contributed by atoms with van der Waals surface area (Å²) in [5.74, 6) is 0.543. The predicted molar refractivity (Wildman–Crippen MR) is 90.4 cm³/mol. The monoisotopic (exact) mass is 312 g/mol. The molecule has 4 heteroatoms. The standard InChI is InChI=1S/C20H16N4/c1-13-7-8-16-17(9-13)19(14-5-3-2-4-6-14)24-20(18(16)12-23)15(10-21)11-22/h2-6,13,24H,7-9H2,1H3/t13-/m1/s1. The van der Waals surface area contributed by atoms with Gasteiger partial charge in [-0.3, -0.25) is 0 Å². The number of nitriles is 3. The minimum absolute atomic E-state index is 0.0508. The number of rotatable bonds is 1. The smallest absolute Gasteiger partial charge is 0.154 e. The topological polar surface area (TPSA) is 83.4 Å². The van der Waals surface area contributed by atoms with Crippen molar-refractivity contribution >= 4 is 5.70 Å². The highest BCUT2D eigenvalue weighted by molar-refractivity contribution is 5.79. The van der Waals surface area contributed by atoms with Crippen LogP contribution in [0.5, 0.6) is 0 Å². The van der Waals surface area contributed by atoms with Gasteiger partial charge in [0.1, 0.15) is 18.2 Å². The van der Waals surface area contributed by atoms with E-state index in [0.717, 1.165) is 41.7 Å². The number of allylic oxidation sites excluding steroid dienone is 4. The van der Waals surface area contributed by atoms with Gasteiger partial charge in [0.2, 0.25) is 0 Å². The lowest BCUT2D eigenvalue weighted by molar-refractivity contribution is 0.494. The van der Waals surface area contributed by atoms with Crippen LogP contribution in [-0.2, 0) is 0 Å². The van der Waals surface area contributed by atoms with E-state index in [9.17, 15) is 15.8 Å². The van der Waals surface area contributed by atoms with Crippen molar-refractivity contribution < 1.29 is 0 Å². The first-order valence-corrected chi connectivity index (χ1v) is 7.93. The SMILES string of the molecule is C[C@@H]1CCC2=C(C#N)C(=C(C#N)C#N)NC(c3ccccc3)=C2C1. The molecule has 0 spiro atoms. The third-order valence-electron chi connectivity index (χ3n) is 4.56. The van der Waals surface area contributed by atoms with Crippen molar-refractivity contribution in [2.75, 3.05) is 0 Å². The highest BCUT2D eigenvalue weighted by Crippen LogP contribution is 2.43. The van der Waals surface area contributed by atoms with Gasteiger partial charge in [0.15, 0.2) is 5.57 Å². The summed E-state index contributed by atoms with van der Waals surface area (Å²) >= 11 is 0. The van der Waals surface area contributed by atoms with Crippen LogP contribution in [0.3, 0.4) is 0 Å². The number of nitrogens with one attached hydrogen (secondary N) is 1. The first-order chi connectivity index (χ1) is 11.7. The van der Waals surface area contributed by atoms with Gasteiger partial charge in [-0.05, 0) is 41.9 Å². The molecule has 1 aliphatic heterocycles.